The average molecular weight is 256 g/mol. The number of benzene rings is 1. The fourth-order valence-corrected chi connectivity index (χ4v) is 1.63. The zero-order chi connectivity index (χ0) is 13.2. The molecule has 2 heterocycles. The highest BCUT2D eigenvalue weighted by atomic mass is 16.5. The highest BCUT2D eigenvalue weighted by molar-refractivity contribution is 5.88. The predicted octanol–water partition coefficient (Wildman–Crippen LogP) is 2.69. The van der Waals surface area contributed by atoms with Crippen LogP contribution in [0.2, 0.25) is 0 Å². The first-order chi connectivity index (χ1) is 9.24. The van der Waals surface area contributed by atoms with Crippen molar-refractivity contribution in [2.24, 2.45) is 0 Å². The van der Waals surface area contributed by atoms with Crippen LogP contribution in [0.15, 0.2) is 51.6 Å². The first-order valence-electron chi connectivity index (χ1n) is 5.45. The molecule has 0 aliphatic heterocycles. The van der Waals surface area contributed by atoms with Crippen molar-refractivity contribution in [3.8, 4) is 23.0 Å². The van der Waals surface area contributed by atoms with Gasteiger partial charge in [-0.25, -0.2) is 4.79 Å². The number of carboxylic acids is 1. The van der Waals surface area contributed by atoms with Gasteiger partial charge in [-0.2, -0.15) is 4.98 Å². The summed E-state index contributed by atoms with van der Waals surface area (Å²) in [7, 11) is 0. The standard InChI is InChI=1S/C13H8N2O4/c16-13(17)9-4-1-3-8(7-9)12-14-11(15-19-12)10-5-2-6-18-10/h1-7H,(H,16,17). The zero-order valence-electron chi connectivity index (χ0n) is 9.61. The summed E-state index contributed by atoms with van der Waals surface area (Å²) >= 11 is 0. The minimum absolute atomic E-state index is 0.162. The lowest BCUT2D eigenvalue weighted by Gasteiger charge is -1.96. The number of furan rings is 1. The molecule has 0 unspecified atom stereocenters. The van der Waals surface area contributed by atoms with Crippen LogP contribution in [0.3, 0.4) is 0 Å². The van der Waals surface area contributed by atoms with Gasteiger partial charge in [-0.3, -0.25) is 0 Å². The predicted molar refractivity (Wildman–Crippen MR) is 64.4 cm³/mol. The molecule has 19 heavy (non-hydrogen) atoms. The van der Waals surface area contributed by atoms with Gasteiger partial charge in [0.05, 0.1) is 11.8 Å². The van der Waals surface area contributed by atoms with Crippen molar-refractivity contribution in [3.05, 3.63) is 48.2 Å². The van der Waals surface area contributed by atoms with Gasteiger partial charge in [0.15, 0.2) is 5.76 Å². The maximum atomic E-state index is 10.9. The average Bonchev–Trinajstić information content (AvgIpc) is 3.09. The lowest BCUT2D eigenvalue weighted by atomic mass is 10.1. The van der Waals surface area contributed by atoms with Gasteiger partial charge in [-0.15, -0.1) is 0 Å². The van der Waals surface area contributed by atoms with Crippen molar-refractivity contribution < 1.29 is 18.8 Å². The van der Waals surface area contributed by atoms with Gasteiger partial charge in [0.2, 0.25) is 5.82 Å². The van der Waals surface area contributed by atoms with Crippen LogP contribution in [-0.2, 0) is 0 Å². The summed E-state index contributed by atoms with van der Waals surface area (Å²) < 4.78 is 10.2. The van der Waals surface area contributed by atoms with Gasteiger partial charge in [-0.1, -0.05) is 11.2 Å². The number of rotatable bonds is 3. The number of carboxylic acid groups (broad SMARTS) is 1. The number of nitrogens with zero attached hydrogens (tertiary/aromatic N) is 2. The van der Waals surface area contributed by atoms with Crippen molar-refractivity contribution in [2.45, 2.75) is 0 Å². The van der Waals surface area contributed by atoms with Gasteiger partial charge < -0.3 is 14.0 Å². The molecule has 2 aromatic heterocycles. The van der Waals surface area contributed by atoms with Gasteiger partial charge >= 0.3 is 5.97 Å². The highest BCUT2D eigenvalue weighted by Crippen LogP contribution is 2.23. The third-order valence-corrected chi connectivity index (χ3v) is 2.52. The van der Waals surface area contributed by atoms with Crippen LogP contribution < -0.4 is 0 Å². The van der Waals surface area contributed by atoms with Crippen LogP contribution in [-0.4, -0.2) is 21.2 Å². The molecule has 0 spiro atoms. The lowest BCUT2D eigenvalue weighted by molar-refractivity contribution is 0.0697. The fraction of sp³-hybridized carbons (Fsp3) is 0. The Morgan fingerprint density at radius 3 is 2.84 bits per heavy atom. The van der Waals surface area contributed by atoms with E-state index >= 15 is 0 Å². The quantitative estimate of drug-likeness (QED) is 0.774. The van der Waals surface area contributed by atoms with E-state index in [2.05, 4.69) is 10.1 Å². The Morgan fingerprint density at radius 1 is 1.21 bits per heavy atom. The van der Waals surface area contributed by atoms with Crippen LogP contribution in [0.5, 0.6) is 0 Å². The third kappa shape index (κ3) is 2.11. The second-order valence-corrected chi connectivity index (χ2v) is 3.79. The van der Waals surface area contributed by atoms with Crippen LogP contribution >= 0.6 is 0 Å². The molecule has 1 aromatic carbocycles. The Bertz CT molecular complexity index is 716. The molecule has 0 atom stereocenters. The van der Waals surface area contributed by atoms with E-state index in [0.29, 0.717) is 17.1 Å². The van der Waals surface area contributed by atoms with E-state index in [-0.39, 0.29) is 11.5 Å². The maximum absolute atomic E-state index is 10.9. The molecule has 0 bridgehead atoms. The molecular weight excluding hydrogens is 248 g/mol. The van der Waals surface area contributed by atoms with Crippen molar-refractivity contribution in [3.63, 3.8) is 0 Å². The van der Waals surface area contributed by atoms with E-state index in [1.54, 1.807) is 24.3 Å². The molecule has 1 N–H and O–H groups in total. The molecule has 0 aliphatic carbocycles. The van der Waals surface area contributed by atoms with E-state index in [1.165, 1.54) is 18.4 Å². The molecule has 3 rings (SSSR count). The third-order valence-electron chi connectivity index (χ3n) is 2.52. The van der Waals surface area contributed by atoms with Gasteiger partial charge in [-0.05, 0) is 30.3 Å². The van der Waals surface area contributed by atoms with Crippen molar-refractivity contribution in [2.75, 3.05) is 0 Å². The molecule has 3 aromatic rings. The van der Waals surface area contributed by atoms with Crippen molar-refractivity contribution in [1.29, 1.82) is 0 Å². The number of hydrogen-bond donors (Lipinski definition) is 1. The first-order valence-corrected chi connectivity index (χ1v) is 5.45. The minimum Gasteiger partial charge on any atom is -0.478 e. The second kappa shape index (κ2) is 4.41. The Balaban J connectivity index is 1.99. The molecule has 94 valence electrons. The largest absolute Gasteiger partial charge is 0.478 e. The van der Waals surface area contributed by atoms with E-state index in [1.807, 2.05) is 0 Å². The number of aromatic nitrogens is 2. The van der Waals surface area contributed by atoms with Crippen LogP contribution in [0, 0.1) is 0 Å². The van der Waals surface area contributed by atoms with Crippen LogP contribution in [0.1, 0.15) is 10.4 Å². The molecule has 0 fully saturated rings. The van der Waals surface area contributed by atoms with Crippen LogP contribution in [0.25, 0.3) is 23.0 Å². The normalized spacial score (nSPS) is 10.5. The smallest absolute Gasteiger partial charge is 0.335 e. The van der Waals surface area contributed by atoms with E-state index < -0.39 is 5.97 Å². The summed E-state index contributed by atoms with van der Waals surface area (Å²) in [4.78, 5) is 15.1. The number of carbonyl (C=O) groups is 1. The molecule has 0 radical (unpaired) electrons. The van der Waals surface area contributed by atoms with E-state index in [9.17, 15) is 4.79 Å². The van der Waals surface area contributed by atoms with Gasteiger partial charge in [0.25, 0.3) is 5.89 Å². The summed E-state index contributed by atoms with van der Waals surface area (Å²) in [5.74, 6) is 0.0484. The number of hydrogen-bond acceptors (Lipinski definition) is 5. The van der Waals surface area contributed by atoms with Crippen molar-refractivity contribution in [1.82, 2.24) is 10.1 Å². The summed E-state index contributed by atoms with van der Waals surface area (Å²) in [6.07, 6.45) is 1.51. The Kier molecular flexibility index (Phi) is 2.60. The van der Waals surface area contributed by atoms with Gasteiger partial charge in [0.1, 0.15) is 0 Å². The minimum atomic E-state index is -1.01. The summed E-state index contributed by atoms with van der Waals surface area (Å²) in [6.45, 7) is 0. The zero-order valence-corrected chi connectivity index (χ0v) is 9.61. The summed E-state index contributed by atoms with van der Waals surface area (Å²) in [5, 5.41) is 12.7. The molecule has 0 saturated carbocycles. The summed E-state index contributed by atoms with van der Waals surface area (Å²) in [6, 6.07) is 9.72. The monoisotopic (exact) mass is 256 g/mol. The maximum Gasteiger partial charge on any atom is 0.335 e. The SMILES string of the molecule is O=C(O)c1cccc(-c2nc(-c3ccco3)no2)c1. The van der Waals surface area contributed by atoms with Gasteiger partial charge in [0, 0.05) is 5.56 Å². The molecule has 0 saturated heterocycles. The highest BCUT2D eigenvalue weighted by Gasteiger charge is 2.13. The lowest BCUT2D eigenvalue weighted by Crippen LogP contribution is -1.95. The Morgan fingerprint density at radius 2 is 2.11 bits per heavy atom. The second-order valence-electron chi connectivity index (χ2n) is 3.79. The van der Waals surface area contributed by atoms with Crippen LogP contribution in [0.4, 0.5) is 0 Å². The molecule has 6 heteroatoms. The van der Waals surface area contributed by atoms with Crippen molar-refractivity contribution >= 4 is 5.97 Å². The molecule has 0 aliphatic rings. The molecule has 0 amide bonds. The number of aromatic carboxylic acids is 1. The molecular formula is C13H8N2O4. The topological polar surface area (TPSA) is 89.4 Å². The Labute approximate surface area is 107 Å². The fourth-order valence-electron chi connectivity index (χ4n) is 1.63. The van der Waals surface area contributed by atoms with E-state index in [0.717, 1.165) is 0 Å². The summed E-state index contributed by atoms with van der Waals surface area (Å²) in [5.41, 5.74) is 0.709. The first kappa shape index (κ1) is 11.2. The molecule has 6 nitrogen and oxygen atoms in total. The Hall–Kier alpha value is -2.89. The van der Waals surface area contributed by atoms with E-state index in [4.69, 9.17) is 14.0 Å².